The highest BCUT2D eigenvalue weighted by molar-refractivity contribution is 8.00. The third-order valence-electron chi connectivity index (χ3n) is 2.18. The molecule has 2 unspecified atom stereocenters. The Labute approximate surface area is 116 Å². The highest BCUT2D eigenvalue weighted by Gasteiger charge is 2.19. The first-order valence-electron chi connectivity index (χ1n) is 5.71. The second-order valence-electron chi connectivity index (χ2n) is 3.81. The molecule has 0 aromatic heterocycles. The van der Waals surface area contributed by atoms with Gasteiger partial charge in [-0.1, -0.05) is 5.92 Å². The van der Waals surface area contributed by atoms with Crippen LogP contribution in [0.2, 0.25) is 0 Å². The lowest BCUT2D eigenvalue weighted by molar-refractivity contribution is -0.141. The Morgan fingerprint density at radius 3 is 2.53 bits per heavy atom. The van der Waals surface area contributed by atoms with Gasteiger partial charge in [0.15, 0.2) is 0 Å². The second-order valence-corrected chi connectivity index (χ2v) is 5.26. The number of carboxylic acids is 1. The molecule has 19 heavy (non-hydrogen) atoms. The van der Waals surface area contributed by atoms with Crippen molar-refractivity contribution in [3.63, 3.8) is 0 Å². The number of hydrogen-bond acceptors (Lipinski definition) is 4. The van der Waals surface area contributed by atoms with E-state index < -0.39 is 17.9 Å². The Bertz CT molecular complexity index is 378. The Morgan fingerprint density at radius 2 is 2.05 bits per heavy atom. The first-order chi connectivity index (χ1) is 8.88. The van der Waals surface area contributed by atoms with Gasteiger partial charge >= 0.3 is 5.97 Å². The van der Waals surface area contributed by atoms with Crippen LogP contribution in [0.1, 0.15) is 20.3 Å². The van der Waals surface area contributed by atoms with Gasteiger partial charge in [-0.15, -0.1) is 18.2 Å². The molecule has 6 nitrogen and oxygen atoms in total. The van der Waals surface area contributed by atoms with E-state index in [0.29, 0.717) is 5.75 Å². The number of rotatable bonds is 8. The first kappa shape index (κ1) is 17.3. The third kappa shape index (κ3) is 8.11. The summed E-state index contributed by atoms with van der Waals surface area (Å²) in [5.74, 6) is 1.08. The van der Waals surface area contributed by atoms with Gasteiger partial charge in [0, 0.05) is 6.92 Å². The quantitative estimate of drug-likeness (QED) is 0.539. The molecule has 0 aliphatic heterocycles. The van der Waals surface area contributed by atoms with Crippen molar-refractivity contribution >= 4 is 29.5 Å². The smallest absolute Gasteiger partial charge is 0.326 e. The molecule has 0 aromatic carbocycles. The lowest BCUT2D eigenvalue weighted by Gasteiger charge is -2.14. The summed E-state index contributed by atoms with van der Waals surface area (Å²) in [5.41, 5.74) is 0. The molecule has 106 valence electrons. The van der Waals surface area contributed by atoms with E-state index in [-0.39, 0.29) is 24.1 Å². The van der Waals surface area contributed by atoms with Crippen LogP contribution < -0.4 is 10.6 Å². The van der Waals surface area contributed by atoms with Gasteiger partial charge in [0.25, 0.3) is 0 Å². The highest BCUT2D eigenvalue weighted by atomic mass is 32.2. The molecular formula is C12H18N2O4S. The molecule has 0 aliphatic rings. The molecule has 0 rings (SSSR count). The Morgan fingerprint density at radius 1 is 1.42 bits per heavy atom. The van der Waals surface area contributed by atoms with Crippen molar-refractivity contribution in [3.8, 4) is 12.3 Å². The fraction of sp³-hybridized carbons (Fsp3) is 0.583. The minimum atomic E-state index is -1.08. The van der Waals surface area contributed by atoms with E-state index in [1.54, 1.807) is 6.92 Å². The molecule has 0 aliphatic carbocycles. The van der Waals surface area contributed by atoms with E-state index in [4.69, 9.17) is 11.5 Å². The minimum Gasteiger partial charge on any atom is -0.480 e. The maximum absolute atomic E-state index is 11.5. The van der Waals surface area contributed by atoms with Crippen LogP contribution in [0.3, 0.4) is 0 Å². The van der Waals surface area contributed by atoms with Gasteiger partial charge in [-0.05, 0) is 19.1 Å². The molecule has 0 radical (unpaired) electrons. The molecule has 0 saturated carbocycles. The number of thioether (sulfide) groups is 1. The predicted octanol–water partition coefficient (Wildman–Crippen LogP) is -0.163. The zero-order valence-corrected chi connectivity index (χ0v) is 11.8. The summed E-state index contributed by atoms with van der Waals surface area (Å²) in [6.45, 7) is 3.15. The Kier molecular flexibility index (Phi) is 8.46. The second kappa shape index (κ2) is 9.28. The van der Waals surface area contributed by atoms with Crippen LogP contribution in [-0.4, -0.2) is 46.5 Å². The summed E-state index contributed by atoms with van der Waals surface area (Å²) >= 11 is 1.31. The average Bonchev–Trinajstić information content (AvgIpc) is 2.33. The van der Waals surface area contributed by atoms with Gasteiger partial charge < -0.3 is 15.7 Å². The summed E-state index contributed by atoms with van der Waals surface area (Å²) in [7, 11) is 0. The van der Waals surface area contributed by atoms with Crippen LogP contribution in [0.5, 0.6) is 0 Å². The van der Waals surface area contributed by atoms with Crippen molar-refractivity contribution in [2.75, 3.05) is 12.3 Å². The fourth-order valence-corrected chi connectivity index (χ4v) is 2.18. The molecule has 0 bridgehead atoms. The monoisotopic (exact) mass is 286 g/mol. The standard InChI is InChI=1S/C12H18N2O4S/c1-4-6-13-11(16)8(2)19-7-5-10(12(17)18)14-9(3)15/h1,8,10H,5-7H2,2-3H3,(H,13,16)(H,14,15)(H,17,18). The van der Waals surface area contributed by atoms with Gasteiger partial charge in [-0.3, -0.25) is 9.59 Å². The predicted molar refractivity (Wildman–Crippen MR) is 73.6 cm³/mol. The fourth-order valence-electron chi connectivity index (χ4n) is 1.22. The van der Waals surface area contributed by atoms with E-state index in [2.05, 4.69) is 16.6 Å². The largest absolute Gasteiger partial charge is 0.480 e. The summed E-state index contributed by atoms with van der Waals surface area (Å²) < 4.78 is 0. The molecule has 0 spiro atoms. The minimum absolute atomic E-state index is 0.174. The van der Waals surface area contributed by atoms with E-state index in [0.717, 1.165) is 0 Å². The van der Waals surface area contributed by atoms with Crippen molar-refractivity contribution in [2.45, 2.75) is 31.6 Å². The maximum Gasteiger partial charge on any atom is 0.326 e. The highest BCUT2D eigenvalue weighted by Crippen LogP contribution is 2.13. The maximum atomic E-state index is 11.5. The van der Waals surface area contributed by atoms with Crippen molar-refractivity contribution in [2.24, 2.45) is 0 Å². The van der Waals surface area contributed by atoms with Crippen LogP contribution >= 0.6 is 11.8 Å². The normalized spacial score (nSPS) is 12.9. The van der Waals surface area contributed by atoms with Gasteiger partial charge in [-0.25, -0.2) is 4.79 Å². The van der Waals surface area contributed by atoms with Gasteiger partial charge in [0.05, 0.1) is 11.8 Å². The Balaban J connectivity index is 4.05. The summed E-state index contributed by atoms with van der Waals surface area (Å²) in [6, 6.07) is -0.925. The molecule has 7 heteroatoms. The zero-order valence-electron chi connectivity index (χ0n) is 10.9. The van der Waals surface area contributed by atoms with E-state index >= 15 is 0 Å². The lowest BCUT2D eigenvalue weighted by atomic mass is 10.2. The topological polar surface area (TPSA) is 95.5 Å². The molecule has 2 atom stereocenters. The number of carboxylic acid groups (broad SMARTS) is 1. The van der Waals surface area contributed by atoms with Crippen LogP contribution in [0.25, 0.3) is 0 Å². The van der Waals surface area contributed by atoms with Crippen LogP contribution in [0.4, 0.5) is 0 Å². The molecule has 0 heterocycles. The van der Waals surface area contributed by atoms with Crippen molar-refractivity contribution < 1.29 is 19.5 Å². The molecule has 0 fully saturated rings. The number of carbonyl (C=O) groups excluding carboxylic acids is 2. The molecule has 0 saturated heterocycles. The summed E-state index contributed by atoms with van der Waals surface area (Å²) in [6.07, 6.45) is 5.28. The number of nitrogens with one attached hydrogen (secondary N) is 2. The van der Waals surface area contributed by atoms with Crippen LogP contribution in [0, 0.1) is 12.3 Å². The van der Waals surface area contributed by atoms with E-state index in [1.807, 2.05) is 0 Å². The molecular weight excluding hydrogens is 268 g/mol. The van der Waals surface area contributed by atoms with E-state index in [9.17, 15) is 14.4 Å². The number of carbonyl (C=O) groups is 3. The molecule has 3 N–H and O–H groups in total. The Hall–Kier alpha value is -1.68. The summed E-state index contributed by atoms with van der Waals surface area (Å²) in [5, 5.41) is 13.4. The van der Waals surface area contributed by atoms with Crippen LogP contribution in [-0.2, 0) is 14.4 Å². The number of terminal acetylenes is 1. The molecule has 0 aromatic rings. The number of aliphatic carboxylic acids is 1. The SMILES string of the molecule is C#CCNC(=O)C(C)SCCC(NC(C)=O)C(=O)O. The summed E-state index contributed by atoms with van der Waals surface area (Å²) in [4.78, 5) is 33.2. The van der Waals surface area contributed by atoms with Crippen molar-refractivity contribution in [3.05, 3.63) is 0 Å². The van der Waals surface area contributed by atoms with E-state index in [1.165, 1.54) is 18.7 Å². The third-order valence-corrected chi connectivity index (χ3v) is 3.37. The average molecular weight is 286 g/mol. The molecule has 2 amide bonds. The van der Waals surface area contributed by atoms with Crippen molar-refractivity contribution in [1.82, 2.24) is 10.6 Å². The van der Waals surface area contributed by atoms with Crippen molar-refractivity contribution in [1.29, 1.82) is 0 Å². The zero-order chi connectivity index (χ0) is 14.8. The van der Waals surface area contributed by atoms with Crippen LogP contribution in [0.15, 0.2) is 0 Å². The first-order valence-corrected chi connectivity index (χ1v) is 6.76. The number of amides is 2. The number of hydrogen-bond donors (Lipinski definition) is 3. The lowest BCUT2D eigenvalue weighted by Crippen LogP contribution is -2.40. The van der Waals surface area contributed by atoms with Gasteiger partial charge in [0.2, 0.25) is 11.8 Å². The van der Waals surface area contributed by atoms with Gasteiger partial charge in [-0.2, -0.15) is 0 Å². The van der Waals surface area contributed by atoms with Gasteiger partial charge in [0.1, 0.15) is 6.04 Å².